The molecule has 0 spiro atoms. The molecule has 0 fully saturated rings. The Morgan fingerprint density at radius 1 is 1.21 bits per heavy atom. The van der Waals surface area contributed by atoms with Crippen molar-refractivity contribution in [2.75, 3.05) is 20.3 Å². The van der Waals surface area contributed by atoms with Crippen LogP contribution < -0.4 is 0 Å². The number of aliphatic imine (C=N–C) groups is 1. The van der Waals surface area contributed by atoms with E-state index in [1.54, 1.807) is 7.11 Å². The Bertz CT molecular complexity index is 778. The van der Waals surface area contributed by atoms with Gasteiger partial charge >= 0.3 is 0 Å². The van der Waals surface area contributed by atoms with Gasteiger partial charge in [-0.1, -0.05) is 0 Å². The summed E-state index contributed by atoms with van der Waals surface area (Å²) < 4.78 is 5.22. The third kappa shape index (κ3) is 1.28. The molecule has 0 bridgehead atoms. The highest BCUT2D eigenvalue weighted by Crippen LogP contribution is 2.42. The molecule has 0 unspecified atom stereocenters. The lowest BCUT2D eigenvalue weighted by Gasteiger charge is -2.05. The predicted octanol–water partition coefficient (Wildman–Crippen LogP) is 1.56. The molecule has 19 heavy (non-hydrogen) atoms. The number of hydrogen-bond donors (Lipinski definition) is 1. The van der Waals surface area contributed by atoms with Gasteiger partial charge in [0.1, 0.15) is 0 Å². The van der Waals surface area contributed by atoms with E-state index in [2.05, 4.69) is 21.0 Å². The van der Waals surface area contributed by atoms with Crippen molar-refractivity contribution in [2.24, 2.45) is 4.99 Å². The molecule has 0 aromatic carbocycles. The standard InChI is InChI=1S/C14H11N3O2/c1-19-6-8-2-7-3-15-13-10(5-18)17-14-12(13)11(7)9(8)4-16-14/h2-4,18H,5-6H2,1H3. The lowest BCUT2D eigenvalue weighted by molar-refractivity contribution is 0.240. The molecule has 94 valence electrons. The maximum atomic E-state index is 9.35. The van der Waals surface area contributed by atoms with Crippen molar-refractivity contribution in [2.45, 2.75) is 0 Å². The zero-order valence-electron chi connectivity index (χ0n) is 10.3. The molecule has 0 saturated heterocycles. The van der Waals surface area contributed by atoms with Gasteiger partial charge < -0.3 is 9.84 Å². The molecule has 1 N–H and O–H groups in total. The number of aliphatic hydroxyl groups excluding tert-OH is 1. The molecule has 5 heteroatoms. The quantitative estimate of drug-likeness (QED) is 0.901. The van der Waals surface area contributed by atoms with E-state index in [4.69, 9.17) is 4.74 Å². The van der Waals surface area contributed by atoms with E-state index in [1.807, 2.05) is 12.4 Å². The Balaban J connectivity index is 2.04. The average molecular weight is 253 g/mol. The zero-order chi connectivity index (χ0) is 13.0. The Kier molecular flexibility index (Phi) is 2.09. The molecule has 2 aliphatic rings. The minimum Gasteiger partial charge on any atom is -0.390 e. The molecule has 2 aromatic rings. The van der Waals surface area contributed by atoms with Crippen LogP contribution in [0.2, 0.25) is 0 Å². The molecular formula is C14H11N3O2. The van der Waals surface area contributed by atoms with E-state index in [0.717, 1.165) is 33.2 Å². The van der Waals surface area contributed by atoms with Gasteiger partial charge in [0, 0.05) is 36.0 Å². The Morgan fingerprint density at radius 3 is 2.89 bits per heavy atom. The van der Waals surface area contributed by atoms with Gasteiger partial charge in [0.2, 0.25) is 0 Å². The molecule has 0 radical (unpaired) electrons. The second-order valence-electron chi connectivity index (χ2n) is 4.63. The number of ether oxygens (including phenoxy) is 1. The Hall–Kier alpha value is -2.11. The first-order valence-electron chi connectivity index (χ1n) is 6.04. The first kappa shape index (κ1) is 10.8. The summed E-state index contributed by atoms with van der Waals surface area (Å²) in [5, 5.41) is 11.4. The number of aliphatic hydroxyl groups is 1. The van der Waals surface area contributed by atoms with Gasteiger partial charge in [0.25, 0.3) is 0 Å². The summed E-state index contributed by atoms with van der Waals surface area (Å²) in [6.07, 6.45) is 5.73. The molecular weight excluding hydrogens is 242 g/mol. The zero-order valence-corrected chi connectivity index (χ0v) is 10.3. The molecule has 0 saturated carbocycles. The van der Waals surface area contributed by atoms with Crippen molar-refractivity contribution in [3.63, 3.8) is 0 Å². The highest BCUT2D eigenvalue weighted by Gasteiger charge is 2.27. The van der Waals surface area contributed by atoms with Gasteiger partial charge in [0.05, 0.1) is 30.0 Å². The largest absolute Gasteiger partial charge is 0.390 e. The summed E-state index contributed by atoms with van der Waals surface area (Å²) in [5.41, 5.74) is 4.59. The van der Waals surface area contributed by atoms with E-state index in [0.29, 0.717) is 18.1 Å². The van der Waals surface area contributed by atoms with Gasteiger partial charge in [-0.15, -0.1) is 0 Å². The summed E-state index contributed by atoms with van der Waals surface area (Å²) in [6.45, 7) is 0.430. The number of methoxy groups -OCH3 is 1. The molecule has 4 rings (SSSR count). The van der Waals surface area contributed by atoms with Crippen LogP contribution >= 0.6 is 0 Å². The third-order valence-corrected chi connectivity index (χ3v) is 3.56. The van der Waals surface area contributed by atoms with Crippen LogP contribution in [0.1, 0.15) is 16.8 Å². The van der Waals surface area contributed by atoms with Gasteiger partial charge in [-0.05, 0) is 11.6 Å². The van der Waals surface area contributed by atoms with Gasteiger partial charge in [0.15, 0.2) is 5.82 Å². The number of nitrogens with zero attached hydrogens (tertiary/aromatic N) is 3. The summed E-state index contributed by atoms with van der Waals surface area (Å²) in [4.78, 5) is 13.1. The van der Waals surface area contributed by atoms with Gasteiger partial charge in [-0.3, -0.25) is 4.98 Å². The molecule has 0 amide bonds. The van der Waals surface area contributed by atoms with E-state index in [-0.39, 0.29) is 6.61 Å². The SMILES string of the molecule is COCC1=Cc2cnc3c4c(ncc1c24)N=C3CO. The minimum absolute atomic E-state index is 0.120. The molecule has 0 atom stereocenters. The molecule has 5 nitrogen and oxygen atoms in total. The van der Waals surface area contributed by atoms with Crippen molar-refractivity contribution in [1.29, 1.82) is 0 Å². The number of pyridine rings is 2. The number of aromatic nitrogens is 2. The minimum atomic E-state index is -0.120. The smallest absolute Gasteiger partial charge is 0.162 e. The second-order valence-corrected chi connectivity index (χ2v) is 4.63. The highest BCUT2D eigenvalue weighted by atomic mass is 16.5. The fourth-order valence-corrected chi connectivity index (χ4v) is 2.78. The monoisotopic (exact) mass is 253 g/mol. The fraction of sp³-hybridized carbons (Fsp3) is 0.214. The lowest BCUT2D eigenvalue weighted by Crippen LogP contribution is -2.05. The van der Waals surface area contributed by atoms with Crippen molar-refractivity contribution in [1.82, 2.24) is 9.97 Å². The van der Waals surface area contributed by atoms with Crippen LogP contribution in [-0.4, -0.2) is 41.1 Å². The van der Waals surface area contributed by atoms with Crippen molar-refractivity contribution < 1.29 is 9.84 Å². The summed E-state index contributed by atoms with van der Waals surface area (Å²) >= 11 is 0. The number of rotatable bonds is 3. The van der Waals surface area contributed by atoms with Gasteiger partial charge in [-0.2, -0.15) is 0 Å². The van der Waals surface area contributed by atoms with Crippen LogP contribution in [0, 0.1) is 0 Å². The predicted molar refractivity (Wildman–Crippen MR) is 72.6 cm³/mol. The second kappa shape index (κ2) is 3.69. The topological polar surface area (TPSA) is 67.6 Å². The van der Waals surface area contributed by atoms with Crippen LogP contribution in [0.4, 0.5) is 5.82 Å². The summed E-state index contributed by atoms with van der Waals surface area (Å²) in [5.74, 6) is 0.652. The Labute approximate surface area is 109 Å². The van der Waals surface area contributed by atoms with Crippen LogP contribution in [0.5, 0.6) is 0 Å². The van der Waals surface area contributed by atoms with E-state index in [1.165, 1.54) is 0 Å². The maximum Gasteiger partial charge on any atom is 0.162 e. The van der Waals surface area contributed by atoms with E-state index in [9.17, 15) is 5.11 Å². The lowest BCUT2D eigenvalue weighted by atomic mass is 10.0. The van der Waals surface area contributed by atoms with Crippen LogP contribution in [0.3, 0.4) is 0 Å². The van der Waals surface area contributed by atoms with Crippen LogP contribution in [0.25, 0.3) is 22.4 Å². The van der Waals surface area contributed by atoms with Crippen LogP contribution in [0.15, 0.2) is 17.4 Å². The van der Waals surface area contributed by atoms with Gasteiger partial charge in [-0.25, -0.2) is 9.98 Å². The fourth-order valence-electron chi connectivity index (χ4n) is 2.78. The first-order chi connectivity index (χ1) is 9.33. The Morgan fingerprint density at radius 2 is 2.11 bits per heavy atom. The third-order valence-electron chi connectivity index (χ3n) is 3.56. The van der Waals surface area contributed by atoms with Crippen LogP contribution in [-0.2, 0) is 4.74 Å². The number of hydrogen-bond acceptors (Lipinski definition) is 5. The van der Waals surface area contributed by atoms with E-state index < -0.39 is 0 Å². The average Bonchev–Trinajstić information content (AvgIpc) is 2.96. The first-order valence-corrected chi connectivity index (χ1v) is 6.04. The summed E-state index contributed by atoms with van der Waals surface area (Å²) in [6, 6.07) is 0. The van der Waals surface area contributed by atoms with Crippen molar-refractivity contribution in [3.05, 3.63) is 29.2 Å². The molecule has 1 aliphatic carbocycles. The highest BCUT2D eigenvalue weighted by molar-refractivity contribution is 6.23. The van der Waals surface area contributed by atoms with E-state index >= 15 is 0 Å². The molecule has 2 aromatic heterocycles. The van der Waals surface area contributed by atoms with Crippen molar-refractivity contribution in [3.8, 4) is 0 Å². The maximum absolute atomic E-state index is 9.35. The summed E-state index contributed by atoms with van der Waals surface area (Å²) in [7, 11) is 1.68. The normalized spacial score (nSPS) is 15.1. The molecule has 3 heterocycles. The van der Waals surface area contributed by atoms with Crippen molar-refractivity contribution >= 4 is 34.0 Å². The molecule has 1 aliphatic heterocycles.